The van der Waals surface area contributed by atoms with Crippen molar-refractivity contribution in [1.82, 2.24) is 20.1 Å². The molecule has 1 aliphatic rings. The van der Waals surface area contributed by atoms with Crippen LogP contribution in [0.15, 0.2) is 29.4 Å². The van der Waals surface area contributed by atoms with Crippen LogP contribution in [0.5, 0.6) is 5.75 Å². The predicted octanol–water partition coefficient (Wildman–Crippen LogP) is 5.49. The van der Waals surface area contributed by atoms with Crippen LogP contribution in [0.1, 0.15) is 95.9 Å². The molecule has 2 amide bonds. The summed E-state index contributed by atoms with van der Waals surface area (Å²) in [6.45, 7) is 7.28. The van der Waals surface area contributed by atoms with E-state index in [4.69, 9.17) is 14.2 Å². The summed E-state index contributed by atoms with van der Waals surface area (Å²) in [6, 6.07) is 7.50. The summed E-state index contributed by atoms with van der Waals surface area (Å²) in [6.07, 6.45) is 5.42. The summed E-state index contributed by atoms with van der Waals surface area (Å²) in [5.74, 6) is -0.358. The Kier molecular flexibility index (Phi) is 12.6. The first-order valence-electron chi connectivity index (χ1n) is 15.4. The first-order chi connectivity index (χ1) is 22.2. The van der Waals surface area contributed by atoms with Crippen LogP contribution in [0.25, 0.3) is 0 Å². The van der Waals surface area contributed by atoms with E-state index in [1.807, 2.05) is 24.3 Å². The zero-order valence-electron chi connectivity index (χ0n) is 26.8. The van der Waals surface area contributed by atoms with E-state index < -0.39 is 17.2 Å². The molecule has 248 valence electrons. The highest BCUT2D eigenvalue weighted by Gasteiger charge is 2.30. The molecule has 1 fully saturated rings. The van der Waals surface area contributed by atoms with Crippen molar-refractivity contribution in [2.24, 2.45) is 0 Å². The van der Waals surface area contributed by atoms with Crippen molar-refractivity contribution in [1.29, 1.82) is 0 Å². The Bertz CT molecular complexity index is 1530. The summed E-state index contributed by atoms with van der Waals surface area (Å²) < 4.78 is 17.6. The Morgan fingerprint density at radius 2 is 1.70 bits per heavy atom. The molecule has 1 aromatic carbocycles. The normalized spacial score (nSPS) is 13.9. The smallest absolute Gasteiger partial charge is 0.348 e. The van der Waals surface area contributed by atoms with Crippen molar-refractivity contribution in [3.05, 3.63) is 51.7 Å². The molecular formula is C32H41N5O7S2. The molecule has 1 aliphatic carbocycles. The molecule has 2 aromatic heterocycles. The van der Waals surface area contributed by atoms with E-state index in [0.29, 0.717) is 16.5 Å². The van der Waals surface area contributed by atoms with Gasteiger partial charge in [0, 0.05) is 6.04 Å². The highest BCUT2D eigenvalue weighted by atomic mass is 32.2. The minimum absolute atomic E-state index is 0.137. The Hall–Kier alpha value is -3.91. The molecule has 2 N–H and O–H groups in total. The van der Waals surface area contributed by atoms with Crippen LogP contribution < -0.4 is 15.4 Å². The Labute approximate surface area is 277 Å². The maximum Gasteiger partial charge on any atom is 0.348 e. The van der Waals surface area contributed by atoms with Gasteiger partial charge in [0.2, 0.25) is 11.8 Å². The number of nitrogens with one attached hydrogen (secondary N) is 2. The molecule has 4 rings (SSSR count). The van der Waals surface area contributed by atoms with Gasteiger partial charge >= 0.3 is 11.9 Å². The minimum Gasteiger partial charge on any atom is -0.497 e. The first-order valence-corrected chi connectivity index (χ1v) is 17.1. The van der Waals surface area contributed by atoms with Crippen LogP contribution in [0.3, 0.4) is 0 Å². The van der Waals surface area contributed by atoms with Crippen LogP contribution in [0.4, 0.5) is 5.00 Å². The lowest BCUT2D eigenvalue weighted by atomic mass is 9.95. The summed E-state index contributed by atoms with van der Waals surface area (Å²) >= 11 is 2.24. The number of hydrogen-bond donors (Lipinski definition) is 2. The molecule has 12 nitrogen and oxygen atoms in total. The Morgan fingerprint density at radius 1 is 1.02 bits per heavy atom. The fourth-order valence-electron chi connectivity index (χ4n) is 5.25. The number of rotatable bonds is 14. The second-order valence-electron chi connectivity index (χ2n) is 10.8. The number of carbonyl (C=O) groups is 4. The van der Waals surface area contributed by atoms with Crippen LogP contribution in [-0.4, -0.2) is 64.1 Å². The quantitative estimate of drug-likeness (QED) is 0.166. The largest absolute Gasteiger partial charge is 0.497 e. The van der Waals surface area contributed by atoms with Gasteiger partial charge < -0.3 is 29.4 Å². The molecular weight excluding hydrogens is 631 g/mol. The van der Waals surface area contributed by atoms with E-state index in [9.17, 15) is 19.2 Å². The molecule has 0 bridgehead atoms. The molecule has 1 atom stereocenters. The zero-order chi connectivity index (χ0) is 33.2. The van der Waals surface area contributed by atoms with Gasteiger partial charge in [-0.3, -0.25) is 9.59 Å². The molecule has 0 aliphatic heterocycles. The lowest BCUT2D eigenvalue weighted by Crippen LogP contribution is -2.28. The van der Waals surface area contributed by atoms with Gasteiger partial charge in [-0.15, -0.1) is 21.5 Å². The number of hydrogen-bond acceptors (Lipinski definition) is 11. The molecule has 3 aromatic rings. The number of nitrogens with zero attached hydrogens (tertiary/aromatic N) is 3. The third kappa shape index (κ3) is 8.66. The van der Waals surface area contributed by atoms with Crippen LogP contribution in [-0.2, 0) is 32.0 Å². The molecule has 0 spiro atoms. The van der Waals surface area contributed by atoms with E-state index >= 15 is 0 Å². The van der Waals surface area contributed by atoms with E-state index in [2.05, 4.69) is 25.4 Å². The topological polar surface area (TPSA) is 151 Å². The summed E-state index contributed by atoms with van der Waals surface area (Å²) in [5.41, 5.74) is 1.40. The Morgan fingerprint density at radius 3 is 2.35 bits per heavy atom. The predicted molar refractivity (Wildman–Crippen MR) is 176 cm³/mol. The molecule has 0 saturated heterocycles. The lowest BCUT2D eigenvalue weighted by molar-refractivity contribution is -0.120. The number of carbonyl (C=O) groups excluding carboxylic acids is 4. The van der Waals surface area contributed by atoms with Gasteiger partial charge in [-0.2, -0.15) is 0 Å². The van der Waals surface area contributed by atoms with E-state index in [-0.39, 0.29) is 59.5 Å². The van der Waals surface area contributed by atoms with Gasteiger partial charge in [0.1, 0.15) is 15.6 Å². The number of amides is 2. The van der Waals surface area contributed by atoms with Crippen molar-refractivity contribution >= 4 is 51.9 Å². The van der Waals surface area contributed by atoms with Gasteiger partial charge in [-0.05, 0) is 63.8 Å². The maximum atomic E-state index is 13.5. The number of methoxy groups -OCH3 is 1. The van der Waals surface area contributed by atoms with E-state index in [1.54, 1.807) is 34.8 Å². The molecule has 14 heteroatoms. The van der Waals surface area contributed by atoms with Gasteiger partial charge in [-0.25, -0.2) is 9.59 Å². The number of thioether (sulfide) groups is 1. The fourth-order valence-corrected chi connectivity index (χ4v) is 7.28. The van der Waals surface area contributed by atoms with Gasteiger partial charge in [-0.1, -0.05) is 43.2 Å². The zero-order valence-corrected chi connectivity index (χ0v) is 28.5. The minimum atomic E-state index is -0.632. The SMILES string of the molecule is CCOC(=O)c1sc(NC(=O)[C@H](C)Sc2nnc(CNC(=O)Cc3ccc(OC)cc3)n2C2CCCCC2)c(C(=O)OCC)c1C. The summed E-state index contributed by atoms with van der Waals surface area (Å²) in [7, 11) is 1.60. The first kappa shape index (κ1) is 35.0. The average molecular weight is 672 g/mol. The summed E-state index contributed by atoms with van der Waals surface area (Å²) in [4.78, 5) is 51.8. The lowest BCUT2D eigenvalue weighted by Gasteiger charge is -2.26. The monoisotopic (exact) mass is 671 g/mol. The van der Waals surface area contributed by atoms with Crippen molar-refractivity contribution in [3.8, 4) is 5.75 Å². The van der Waals surface area contributed by atoms with Crippen LogP contribution in [0.2, 0.25) is 0 Å². The third-order valence-corrected chi connectivity index (χ3v) is 9.86. The molecule has 1 saturated carbocycles. The van der Waals surface area contributed by atoms with Crippen LogP contribution >= 0.6 is 23.1 Å². The number of esters is 2. The van der Waals surface area contributed by atoms with Crippen molar-refractivity contribution in [3.63, 3.8) is 0 Å². The fraction of sp³-hybridized carbons (Fsp3) is 0.500. The number of aromatic nitrogens is 3. The van der Waals surface area contributed by atoms with E-state index in [0.717, 1.165) is 54.8 Å². The molecule has 0 unspecified atom stereocenters. The average Bonchev–Trinajstić information content (AvgIpc) is 3.60. The third-order valence-electron chi connectivity index (χ3n) is 7.62. The highest BCUT2D eigenvalue weighted by molar-refractivity contribution is 8.00. The maximum absolute atomic E-state index is 13.5. The van der Waals surface area contributed by atoms with Crippen molar-refractivity contribution in [2.75, 3.05) is 25.6 Å². The van der Waals surface area contributed by atoms with E-state index in [1.165, 1.54) is 11.8 Å². The van der Waals surface area contributed by atoms with Crippen LogP contribution in [0, 0.1) is 6.92 Å². The standard InChI is InChI=1S/C32H41N5O7S2/c1-6-43-30(40)26-19(3)27(31(41)44-7-2)46-29(26)34-28(39)20(4)45-32-36-35-24(37(32)22-11-9-8-10-12-22)18-33-25(38)17-21-13-15-23(42-5)16-14-21/h13-16,20,22H,6-12,17-18H2,1-5H3,(H,33,38)(H,34,39)/t20-/m0/s1. The second-order valence-corrected chi connectivity index (χ2v) is 13.1. The van der Waals surface area contributed by atoms with Gasteiger partial charge in [0.15, 0.2) is 11.0 Å². The second kappa shape index (κ2) is 16.6. The Balaban J connectivity index is 1.49. The highest BCUT2D eigenvalue weighted by Crippen LogP contribution is 2.37. The molecule has 2 heterocycles. The van der Waals surface area contributed by atoms with Crippen molar-refractivity contribution in [2.45, 2.75) is 89.2 Å². The van der Waals surface area contributed by atoms with Gasteiger partial charge in [0.25, 0.3) is 0 Å². The van der Waals surface area contributed by atoms with Crippen molar-refractivity contribution < 1.29 is 33.4 Å². The number of ether oxygens (including phenoxy) is 3. The molecule has 46 heavy (non-hydrogen) atoms. The van der Waals surface area contributed by atoms with Gasteiger partial charge in [0.05, 0.1) is 44.1 Å². The number of thiophene rings is 1. The molecule has 0 radical (unpaired) electrons. The summed E-state index contributed by atoms with van der Waals surface area (Å²) in [5, 5.41) is 14.8. The number of benzene rings is 1. The number of anilines is 1.